The Labute approximate surface area is 79.0 Å². The topological polar surface area (TPSA) is 46.2 Å². The number of nitrogens with two attached hydrogens (primary N) is 1. The Bertz CT molecular complexity index is 436. The lowest BCUT2D eigenvalue weighted by Crippen LogP contribution is -1.83. The Morgan fingerprint density at radius 3 is 2.83 bits per heavy atom. The Balaban J connectivity index is 2.97. The van der Waals surface area contributed by atoms with Crippen LogP contribution in [0.25, 0.3) is 10.1 Å². The first-order chi connectivity index (χ1) is 5.70. The van der Waals surface area contributed by atoms with Crippen molar-refractivity contribution < 1.29 is 5.11 Å². The van der Waals surface area contributed by atoms with Crippen LogP contribution in [0.1, 0.15) is 0 Å². The van der Waals surface area contributed by atoms with Crippen LogP contribution in [-0.4, -0.2) is 5.11 Å². The van der Waals surface area contributed by atoms with Crippen molar-refractivity contribution >= 4 is 39.7 Å². The van der Waals surface area contributed by atoms with Crippen molar-refractivity contribution in [3.05, 3.63) is 18.2 Å². The zero-order chi connectivity index (χ0) is 8.72. The van der Waals surface area contributed by atoms with Gasteiger partial charge < -0.3 is 10.8 Å². The molecule has 1 aromatic carbocycles. The molecule has 0 bridgehead atoms. The second-order valence-electron chi connectivity index (χ2n) is 2.48. The molecule has 1 aromatic heterocycles. The molecule has 0 radical (unpaired) electrons. The second kappa shape index (κ2) is 2.57. The number of hydrogen-bond donors (Lipinski definition) is 3. The standard InChI is InChI=1S/C8H7NOS2/c9-4-2-1-3-5-6(4)7(10)8(11)12-5/h1-3,10-11H,9H2. The maximum Gasteiger partial charge on any atom is 0.149 e. The first kappa shape index (κ1) is 7.76. The summed E-state index contributed by atoms with van der Waals surface area (Å²) >= 11 is 5.54. The van der Waals surface area contributed by atoms with Crippen LogP contribution in [0.3, 0.4) is 0 Å². The molecule has 0 spiro atoms. The van der Waals surface area contributed by atoms with Crippen LogP contribution in [0.4, 0.5) is 5.69 Å². The van der Waals surface area contributed by atoms with Crippen LogP contribution in [0.5, 0.6) is 5.75 Å². The third-order valence-corrected chi connectivity index (χ3v) is 3.14. The van der Waals surface area contributed by atoms with Gasteiger partial charge in [0, 0.05) is 10.4 Å². The number of thiol groups is 1. The van der Waals surface area contributed by atoms with Crippen molar-refractivity contribution in [2.45, 2.75) is 4.21 Å². The fourth-order valence-electron chi connectivity index (χ4n) is 1.15. The molecule has 0 aliphatic heterocycles. The molecule has 2 aromatic rings. The van der Waals surface area contributed by atoms with Crippen LogP contribution in [-0.2, 0) is 0 Å². The molecule has 62 valence electrons. The van der Waals surface area contributed by atoms with Crippen molar-refractivity contribution in [1.29, 1.82) is 0 Å². The van der Waals surface area contributed by atoms with E-state index in [2.05, 4.69) is 12.6 Å². The number of nitrogen functional groups attached to an aromatic ring is 1. The molecule has 0 saturated heterocycles. The molecule has 2 rings (SSSR count). The average Bonchev–Trinajstić information content (AvgIpc) is 2.29. The zero-order valence-corrected chi connectivity index (χ0v) is 7.82. The van der Waals surface area contributed by atoms with Crippen molar-refractivity contribution in [1.82, 2.24) is 0 Å². The molecule has 0 saturated carbocycles. The van der Waals surface area contributed by atoms with Gasteiger partial charge in [-0.25, -0.2) is 0 Å². The molecule has 12 heavy (non-hydrogen) atoms. The smallest absolute Gasteiger partial charge is 0.149 e. The summed E-state index contributed by atoms with van der Waals surface area (Å²) < 4.78 is 1.58. The predicted octanol–water partition coefficient (Wildman–Crippen LogP) is 2.48. The van der Waals surface area contributed by atoms with E-state index >= 15 is 0 Å². The van der Waals surface area contributed by atoms with E-state index in [1.165, 1.54) is 11.3 Å². The minimum Gasteiger partial charge on any atom is -0.505 e. The number of hydrogen-bond acceptors (Lipinski definition) is 4. The largest absolute Gasteiger partial charge is 0.505 e. The Morgan fingerprint density at radius 2 is 2.17 bits per heavy atom. The lowest BCUT2D eigenvalue weighted by molar-refractivity contribution is 0.473. The van der Waals surface area contributed by atoms with Gasteiger partial charge in [-0.15, -0.1) is 24.0 Å². The van der Waals surface area contributed by atoms with E-state index in [1.54, 1.807) is 6.07 Å². The lowest BCUT2D eigenvalue weighted by atomic mass is 10.2. The van der Waals surface area contributed by atoms with Gasteiger partial charge in [0.15, 0.2) is 0 Å². The van der Waals surface area contributed by atoms with E-state index in [9.17, 15) is 5.11 Å². The van der Waals surface area contributed by atoms with Crippen LogP contribution >= 0.6 is 24.0 Å². The maximum atomic E-state index is 9.53. The molecule has 0 unspecified atom stereocenters. The molecular weight excluding hydrogens is 190 g/mol. The SMILES string of the molecule is Nc1cccc2sc(S)c(O)c12. The minimum atomic E-state index is 0.191. The van der Waals surface area contributed by atoms with Gasteiger partial charge in [0.2, 0.25) is 0 Å². The average molecular weight is 197 g/mol. The van der Waals surface area contributed by atoms with E-state index < -0.39 is 0 Å². The summed E-state index contributed by atoms with van der Waals surface area (Å²) in [6, 6.07) is 5.54. The summed E-state index contributed by atoms with van der Waals surface area (Å²) in [5.74, 6) is 0.191. The molecule has 0 fully saturated rings. The van der Waals surface area contributed by atoms with Gasteiger partial charge in [-0.05, 0) is 12.1 Å². The van der Waals surface area contributed by atoms with E-state index in [1.807, 2.05) is 12.1 Å². The molecule has 4 heteroatoms. The molecule has 1 heterocycles. The normalized spacial score (nSPS) is 10.8. The number of rotatable bonds is 0. The molecule has 0 aliphatic rings. The molecule has 0 amide bonds. The van der Waals surface area contributed by atoms with Gasteiger partial charge in [0.05, 0.1) is 5.39 Å². The number of anilines is 1. The monoisotopic (exact) mass is 197 g/mol. The van der Waals surface area contributed by atoms with Gasteiger partial charge in [-0.3, -0.25) is 0 Å². The van der Waals surface area contributed by atoms with Crippen molar-refractivity contribution in [2.75, 3.05) is 5.73 Å². The van der Waals surface area contributed by atoms with Crippen LogP contribution < -0.4 is 5.73 Å². The van der Waals surface area contributed by atoms with Gasteiger partial charge in [-0.1, -0.05) is 6.07 Å². The third kappa shape index (κ3) is 0.956. The van der Waals surface area contributed by atoms with Gasteiger partial charge in [0.25, 0.3) is 0 Å². The highest BCUT2D eigenvalue weighted by Gasteiger charge is 2.09. The number of thiophene rings is 1. The first-order valence-electron chi connectivity index (χ1n) is 3.39. The van der Waals surface area contributed by atoms with E-state index in [-0.39, 0.29) is 5.75 Å². The van der Waals surface area contributed by atoms with Crippen LogP contribution in [0.15, 0.2) is 22.4 Å². The summed E-state index contributed by atoms with van der Waals surface area (Å²) in [7, 11) is 0. The van der Waals surface area contributed by atoms with Gasteiger partial charge in [-0.2, -0.15) is 0 Å². The Morgan fingerprint density at radius 1 is 1.42 bits per heavy atom. The minimum absolute atomic E-state index is 0.191. The summed E-state index contributed by atoms with van der Waals surface area (Å²) in [6.45, 7) is 0. The molecular formula is C8H7NOS2. The first-order valence-corrected chi connectivity index (χ1v) is 4.65. The third-order valence-electron chi connectivity index (χ3n) is 1.70. The van der Waals surface area contributed by atoms with E-state index in [4.69, 9.17) is 5.73 Å². The van der Waals surface area contributed by atoms with E-state index in [0.717, 1.165) is 4.70 Å². The van der Waals surface area contributed by atoms with Crippen molar-refractivity contribution in [3.63, 3.8) is 0 Å². The van der Waals surface area contributed by atoms with Crippen molar-refractivity contribution in [2.24, 2.45) is 0 Å². The highest BCUT2D eigenvalue weighted by atomic mass is 32.2. The molecule has 0 atom stereocenters. The fraction of sp³-hybridized carbons (Fsp3) is 0. The number of benzene rings is 1. The molecule has 2 nitrogen and oxygen atoms in total. The molecule has 0 aliphatic carbocycles. The number of fused-ring (bicyclic) bond motifs is 1. The van der Waals surface area contributed by atoms with E-state index in [0.29, 0.717) is 15.3 Å². The maximum absolute atomic E-state index is 9.53. The fourth-order valence-corrected chi connectivity index (χ4v) is 2.42. The summed E-state index contributed by atoms with van der Waals surface area (Å²) in [6.07, 6.45) is 0. The zero-order valence-electron chi connectivity index (χ0n) is 6.11. The molecule has 3 N–H and O–H groups in total. The highest BCUT2D eigenvalue weighted by Crippen LogP contribution is 2.41. The quantitative estimate of drug-likeness (QED) is 0.449. The second-order valence-corrected chi connectivity index (χ2v) is 4.28. The lowest BCUT2D eigenvalue weighted by Gasteiger charge is -1.95. The Kier molecular flexibility index (Phi) is 1.66. The highest BCUT2D eigenvalue weighted by molar-refractivity contribution is 7.83. The number of aromatic hydroxyl groups is 1. The van der Waals surface area contributed by atoms with Crippen molar-refractivity contribution in [3.8, 4) is 5.75 Å². The predicted molar refractivity (Wildman–Crippen MR) is 55.2 cm³/mol. The Hall–Kier alpha value is -0.870. The van der Waals surface area contributed by atoms with Gasteiger partial charge in [0.1, 0.15) is 9.96 Å². The summed E-state index contributed by atoms with van der Waals surface area (Å²) in [5, 5.41) is 10.2. The van der Waals surface area contributed by atoms with Crippen LogP contribution in [0, 0.1) is 0 Å². The van der Waals surface area contributed by atoms with Crippen LogP contribution in [0.2, 0.25) is 0 Å². The summed E-state index contributed by atoms with van der Waals surface area (Å²) in [5.41, 5.74) is 6.28. The van der Waals surface area contributed by atoms with Gasteiger partial charge >= 0.3 is 0 Å². The summed E-state index contributed by atoms with van der Waals surface area (Å²) in [4.78, 5) is 0.